The molecule has 0 radical (unpaired) electrons. The zero-order valence-electron chi connectivity index (χ0n) is 31.0. The van der Waals surface area contributed by atoms with Crippen molar-refractivity contribution >= 4 is 21.8 Å². The van der Waals surface area contributed by atoms with Crippen LogP contribution in [0.4, 0.5) is 0 Å². The summed E-state index contributed by atoms with van der Waals surface area (Å²) in [7, 11) is 0. The molecule has 7 rings (SSSR count). The maximum absolute atomic E-state index is 6.44. The van der Waals surface area contributed by atoms with Crippen LogP contribution in [0.2, 0.25) is 0 Å². The fraction of sp³-hybridized carbons (Fsp3) is 0.289. The third-order valence-electron chi connectivity index (χ3n) is 9.24. The van der Waals surface area contributed by atoms with Crippen LogP contribution in [0.3, 0.4) is 0 Å². The minimum absolute atomic E-state index is 0. The van der Waals surface area contributed by atoms with Crippen LogP contribution in [-0.2, 0) is 38.3 Å². The molecule has 0 aliphatic carbocycles. The second-order valence-corrected chi connectivity index (χ2v) is 16.0. The van der Waals surface area contributed by atoms with Crippen molar-refractivity contribution in [1.82, 2.24) is 19.3 Å². The van der Waals surface area contributed by atoms with Crippen molar-refractivity contribution in [3.05, 3.63) is 132 Å². The average Bonchev–Trinajstić information content (AvgIpc) is 3.67. The van der Waals surface area contributed by atoms with Crippen molar-refractivity contribution in [3.63, 3.8) is 0 Å². The second-order valence-electron chi connectivity index (χ2n) is 16.0. The summed E-state index contributed by atoms with van der Waals surface area (Å²) in [6, 6.07) is 34.3. The summed E-state index contributed by atoms with van der Waals surface area (Å²) >= 11 is 0. The van der Waals surface area contributed by atoms with E-state index in [0.717, 1.165) is 50.9 Å². The largest absolute Gasteiger partial charge is 2.00 e. The SMILES string of the molecule is Cc1ccnc(-n2c3[c-]c(Oc4[c-]c(-n5cc(-c6c(C(C)(C)C)cc(CC(C)C)cc6C(C)(C)C)cn5)ccc4)ccc3c3ccccc32)c1.[Pt+2]. The first-order chi connectivity index (χ1) is 23.8. The Hall–Kier alpha value is -4.47. The number of para-hydroxylation sites is 1. The molecule has 0 bridgehead atoms. The molecule has 0 unspecified atom stereocenters. The third-order valence-corrected chi connectivity index (χ3v) is 9.24. The number of rotatable bonds is 7. The Labute approximate surface area is 317 Å². The molecule has 0 saturated heterocycles. The Bertz CT molecular complexity index is 2310. The summed E-state index contributed by atoms with van der Waals surface area (Å²) in [5.74, 6) is 2.64. The van der Waals surface area contributed by atoms with Gasteiger partial charge >= 0.3 is 21.1 Å². The van der Waals surface area contributed by atoms with Gasteiger partial charge in [0.05, 0.1) is 6.20 Å². The monoisotopic (exact) mass is 853 g/mol. The van der Waals surface area contributed by atoms with Crippen LogP contribution in [0.1, 0.15) is 77.6 Å². The van der Waals surface area contributed by atoms with Crippen LogP contribution < -0.4 is 4.74 Å². The van der Waals surface area contributed by atoms with E-state index >= 15 is 0 Å². The number of aryl methyl sites for hydroxylation is 1. The van der Waals surface area contributed by atoms with E-state index in [1.165, 1.54) is 22.3 Å². The first-order valence-corrected chi connectivity index (χ1v) is 17.6. The van der Waals surface area contributed by atoms with E-state index < -0.39 is 0 Å². The fourth-order valence-electron chi connectivity index (χ4n) is 6.93. The van der Waals surface area contributed by atoms with Gasteiger partial charge in [0.15, 0.2) is 0 Å². The van der Waals surface area contributed by atoms with Gasteiger partial charge in [-0.05, 0) is 87.2 Å². The second kappa shape index (κ2) is 13.9. The quantitative estimate of drug-likeness (QED) is 0.150. The van der Waals surface area contributed by atoms with Crippen molar-refractivity contribution < 1.29 is 25.8 Å². The molecular weight excluding hydrogens is 808 g/mol. The van der Waals surface area contributed by atoms with Crippen molar-refractivity contribution in [2.75, 3.05) is 0 Å². The van der Waals surface area contributed by atoms with Crippen LogP contribution in [0.15, 0.2) is 97.5 Å². The average molecular weight is 854 g/mol. The molecule has 6 heteroatoms. The molecule has 262 valence electrons. The van der Waals surface area contributed by atoms with Crippen LogP contribution in [0.5, 0.6) is 11.5 Å². The molecule has 7 aromatic rings. The summed E-state index contributed by atoms with van der Waals surface area (Å²) in [5, 5.41) is 7.10. The number of nitrogens with zero attached hydrogens (tertiary/aromatic N) is 4. The zero-order chi connectivity index (χ0) is 35.4. The number of ether oxygens (including phenoxy) is 1. The molecule has 0 aliphatic heterocycles. The Kier molecular flexibility index (Phi) is 9.91. The normalized spacial score (nSPS) is 12.1. The molecule has 0 saturated carbocycles. The number of aromatic nitrogens is 4. The van der Waals surface area contributed by atoms with Gasteiger partial charge in [-0.3, -0.25) is 4.68 Å². The minimum atomic E-state index is -0.0387. The number of fused-ring (bicyclic) bond motifs is 3. The van der Waals surface area contributed by atoms with Gasteiger partial charge in [0.1, 0.15) is 5.82 Å². The number of pyridine rings is 1. The van der Waals surface area contributed by atoms with E-state index in [9.17, 15) is 0 Å². The number of hydrogen-bond donors (Lipinski definition) is 0. The summed E-state index contributed by atoms with van der Waals surface area (Å²) in [5.41, 5.74) is 10.4. The van der Waals surface area contributed by atoms with Crippen LogP contribution >= 0.6 is 0 Å². The van der Waals surface area contributed by atoms with Crippen molar-refractivity contribution in [1.29, 1.82) is 0 Å². The number of benzene rings is 4. The molecule has 4 aromatic carbocycles. The molecule has 3 aromatic heterocycles. The predicted octanol–water partition coefficient (Wildman–Crippen LogP) is 11.5. The van der Waals surface area contributed by atoms with Gasteiger partial charge < -0.3 is 9.30 Å². The molecule has 0 amide bonds. The summed E-state index contributed by atoms with van der Waals surface area (Å²) in [6.45, 7) is 20.5. The molecule has 0 spiro atoms. The van der Waals surface area contributed by atoms with Crippen LogP contribution in [0.25, 0.3) is 44.4 Å². The van der Waals surface area contributed by atoms with E-state index in [-0.39, 0.29) is 31.9 Å². The van der Waals surface area contributed by atoms with E-state index in [4.69, 9.17) is 14.8 Å². The van der Waals surface area contributed by atoms with Crippen LogP contribution in [-0.4, -0.2) is 19.3 Å². The van der Waals surface area contributed by atoms with E-state index in [1.807, 2.05) is 47.4 Å². The smallest absolute Gasteiger partial charge is 0.509 e. The Morgan fingerprint density at radius 2 is 1.49 bits per heavy atom. The van der Waals surface area contributed by atoms with E-state index in [2.05, 4.69) is 134 Å². The summed E-state index contributed by atoms with van der Waals surface area (Å²) in [6.07, 6.45) is 7.03. The van der Waals surface area contributed by atoms with Gasteiger partial charge in [0.25, 0.3) is 0 Å². The van der Waals surface area contributed by atoms with Gasteiger partial charge in [0.2, 0.25) is 0 Å². The molecule has 5 nitrogen and oxygen atoms in total. The Morgan fingerprint density at radius 1 is 0.784 bits per heavy atom. The third kappa shape index (κ3) is 7.32. The van der Waals surface area contributed by atoms with Crippen molar-refractivity contribution in [2.45, 2.75) is 79.6 Å². The molecule has 0 fully saturated rings. The standard InChI is InChI=1S/C45H46N4O.Pt/c1-29(2)21-31-23-38(44(4,5)6)43(39(24-31)45(7,8)9)32-27-47-48(28-32)33-13-12-14-34(25-33)50-35-17-18-37-36-15-10-11-16-40(36)49(41(37)26-35)42-22-30(3)19-20-46-42;/h10-20,22-24,27-29H,21H2,1-9H3;/q-2;+2. The molecule has 0 N–H and O–H groups in total. The minimum Gasteiger partial charge on any atom is -0.509 e. The molecular formula is C45H46N4OPt. The van der Waals surface area contributed by atoms with Gasteiger partial charge in [-0.2, -0.15) is 17.2 Å². The van der Waals surface area contributed by atoms with Crippen LogP contribution in [0, 0.1) is 25.0 Å². The Morgan fingerprint density at radius 3 is 2.18 bits per heavy atom. The predicted molar refractivity (Wildman–Crippen MR) is 206 cm³/mol. The van der Waals surface area contributed by atoms with E-state index in [0.29, 0.717) is 17.4 Å². The summed E-state index contributed by atoms with van der Waals surface area (Å²) in [4.78, 5) is 4.70. The van der Waals surface area contributed by atoms with Gasteiger partial charge in [-0.25, -0.2) is 4.98 Å². The van der Waals surface area contributed by atoms with Gasteiger partial charge in [-0.15, -0.1) is 35.7 Å². The molecule has 0 aliphatic rings. The first kappa shape index (κ1) is 36.3. The maximum atomic E-state index is 6.44. The molecule has 3 heterocycles. The van der Waals surface area contributed by atoms with E-state index in [1.54, 1.807) is 0 Å². The first-order valence-electron chi connectivity index (χ1n) is 17.6. The molecule has 0 atom stereocenters. The maximum Gasteiger partial charge on any atom is 2.00 e. The summed E-state index contributed by atoms with van der Waals surface area (Å²) < 4.78 is 10.5. The topological polar surface area (TPSA) is 44.9 Å². The zero-order valence-corrected chi connectivity index (χ0v) is 33.3. The number of hydrogen-bond acceptors (Lipinski definition) is 3. The van der Waals surface area contributed by atoms with Crippen molar-refractivity contribution in [2.24, 2.45) is 5.92 Å². The van der Waals surface area contributed by atoms with Gasteiger partial charge in [-0.1, -0.05) is 91.2 Å². The van der Waals surface area contributed by atoms with Gasteiger partial charge in [0, 0.05) is 35.0 Å². The Balaban J connectivity index is 0.00000448. The molecule has 51 heavy (non-hydrogen) atoms. The fourth-order valence-corrected chi connectivity index (χ4v) is 6.93. The van der Waals surface area contributed by atoms with Crippen molar-refractivity contribution in [3.8, 4) is 34.1 Å².